The summed E-state index contributed by atoms with van der Waals surface area (Å²) < 4.78 is 0.546. The Bertz CT molecular complexity index is 351. The number of hydrogen-bond acceptors (Lipinski definition) is 3. The highest BCUT2D eigenvalue weighted by Crippen LogP contribution is 2.29. The molecule has 1 amide bonds. The maximum absolute atomic E-state index is 11.5. The predicted molar refractivity (Wildman–Crippen MR) is 56.9 cm³/mol. The summed E-state index contributed by atoms with van der Waals surface area (Å²) in [5, 5.41) is 2.65. The second-order valence-electron chi connectivity index (χ2n) is 3.15. The van der Waals surface area contributed by atoms with Gasteiger partial charge in [0.25, 0.3) is 0 Å². The molecule has 1 aliphatic rings. The highest BCUT2D eigenvalue weighted by Gasteiger charge is 2.28. The number of amides is 1. The van der Waals surface area contributed by atoms with Crippen molar-refractivity contribution in [3.8, 4) is 0 Å². The van der Waals surface area contributed by atoms with Gasteiger partial charge < -0.3 is 5.32 Å². The Balaban J connectivity index is 1.99. The van der Waals surface area contributed by atoms with Crippen LogP contribution in [0.15, 0.2) is 6.20 Å². The van der Waals surface area contributed by atoms with Crippen LogP contribution in [-0.4, -0.2) is 16.9 Å². The van der Waals surface area contributed by atoms with E-state index in [4.69, 9.17) is 23.2 Å². The molecular formula is C8H8Cl2N2OS. The maximum atomic E-state index is 11.5. The monoisotopic (exact) mass is 250 g/mol. The zero-order chi connectivity index (χ0) is 10.1. The van der Waals surface area contributed by atoms with Gasteiger partial charge in [-0.2, -0.15) is 0 Å². The van der Waals surface area contributed by atoms with Crippen LogP contribution in [0.3, 0.4) is 0 Å². The summed E-state index contributed by atoms with van der Waals surface area (Å²) in [7, 11) is 0. The van der Waals surface area contributed by atoms with E-state index in [9.17, 15) is 4.79 Å². The van der Waals surface area contributed by atoms with Crippen molar-refractivity contribution in [1.82, 2.24) is 10.3 Å². The Morgan fingerprint density at radius 3 is 2.93 bits per heavy atom. The van der Waals surface area contributed by atoms with Gasteiger partial charge >= 0.3 is 0 Å². The summed E-state index contributed by atoms with van der Waals surface area (Å²) in [6.07, 6.45) is 3.60. The molecule has 1 saturated carbocycles. The molecule has 0 aliphatic heterocycles. The number of carbonyl (C=O) groups is 1. The van der Waals surface area contributed by atoms with Gasteiger partial charge in [-0.05, 0) is 12.8 Å². The lowest BCUT2D eigenvalue weighted by Gasteiger charge is -2.06. The summed E-state index contributed by atoms with van der Waals surface area (Å²) in [4.78, 5) is 15.4. The molecule has 14 heavy (non-hydrogen) atoms. The quantitative estimate of drug-likeness (QED) is 0.838. The number of nitrogens with one attached hydrogen (secondary N) is 1. The van der Waals surface area contributed by atoms with E-state index in [0.29, 0.717) is 15.4 Å². The fourth-order valence-electron chi connectivity index (χ4n) is 0.998. The van der Waals surface area contributed by atoms with Crippen molar-refractivity contribution in [2.24, 2.45) is 0 Å². The SMILES string of the molecule is O=C(NC1CC1)C(Cl)c1ncc(Cl)s1. The van der Waals surface area contributed by atoms with Gasteiger partial charge in [-0.25, -0.2) is 4.98 Å². The van der Waals surface area contributed by atoms with Gasteiger partial charge in [-0.1, -0.05) is 11.6 Å². The van der Waals surface area contributed by atoms with E-state index in [0.717, 1.165) is 12.8 Å². The molecule has 0 aromatic carbocycles. The van der Waals surface area contributed by atoms with Gasteiger partial charge in [0.15, 0.2) is 5.38 Å². The number of rotatable bonds is 3. The standard InChI is InChI=1S/C8H8Cl2N2OS/c9-5-3-11-8(14-5)6(10)7(13)12-4-1-2-4/h3-4,6H,1-2H2,(H,12,13). The van der Waals surface area contributed by atoms with Gasteiger partial charge in [0.2, 0.25) is 5.91 Å². The molecule has 0 radical (unpaired) electrons. The van der Waals surface area contributed by atoms with Gasteiger partial charge in [0.05, 0.1) is 6.20 Å². The van der Waals surface area contributed by atoms with Crippen LogP contribution in [0.25, 0.3) is 0 Å². The normalized spacial score (nSPS) is 17.9. The Morgan fingerprint density at radius 2 is 2.43 bits per heavy atom. The molecule has 3 nitrogen and oxygen atoms in total. The van der Waals surface area contributed by atoms with Crippen LogP contribution in [0, 0.1) is 0 Å². The minimum Gasteiger partial charge on any atom is -0.352 e. The van der Waals surface area contributed by atoms with E-state index >= 15 is 0 Å². The summed E-state index contributed by atoms with van der Waals surface area (Å²) in [6, 6.07) is 0.319. The molecule has 1 atom stereocenters. The van der Waals surface area contributed by atoms with Crippen LogP contribution in [0.5, 0.6) is 0 Å². The Labute approximate surface area is 95.4 Å². The highest BCUT2D eigenvalue weighted by molar-refractivity contribution is 7.16. The Hall–Kier alpha value is -0.320. The third-order valence-corrected chi connectivity index (χ3v) is 3.58. The molecule has 1 aromatic heterocycles. The van der Waals surface area contributed by atoms with Crippen LogP contribution >= 0.6 is 34.5 Å². The van der Waals surface area contributed by atoms with E-state index in [2.05, 4.69) is 10.3 Å². The first-order valence-corrected chi connectivity index (χ1v) is 5.85. The molecule has 1 unspecified atom stereocenters. The van der Waals surface area contributed by atoms with Crippen LogP contribution in [0.1, 0.15) is 23.2 Å². The third-order valence-electron chi connectivity index (χ3n) is 1.87. The van der Waals surface area contributed by atoms with Crippen molar-refractivity contribution in [1.29, 1.82) is 0 Å². The molecule has 0 saturated heterocycles. The topological polar surface area (TPSA) is 42.0 Å². The minimum atomic E-state index is -0.715. The number of nitrogens with zero attached hydrogens (tertiary/aromatic N) is 1. The first-order chi connectivity index (χ1) is 6.66. The smallest absolute Gasteiger partial charge is 0.245 e. The lowest BCUT2D eigenvalue weighted by molar-refractivity contribution is -0.121. The number of alkyl halides is 1. The number of halogens is 2. The first kappa shape index (κ1) is 10.2. The summed E-state index contributed by atoms with van der Waals surface area (Å²) >= 11 is 12.8. The summed E-state index contributed by atoms with van der Waals surface area (Å²) in [5.74, 6) is -0.180. The second kappa shape index (κ2) is 4.04. The molecule has 1 fully saturated rings. The van der Waals surface area contributed by atoms with Crippen molar-refractivity contribution in [2.75, 3.05) is 0 Å². The van der Waals surface area contributed by atoms with Crippen LogP contribution < -0.4 is 5.32 Å². The van der Waals surface area contributed by atoms with Gasteiger partial charge in [0, 0.05) is 6.04 Å². The van der Waals surface area contributed by atoms with Crippen molar-refractivity contribution in [3.05, 3.63) is 15.5 Å². The van der Waals surface area contributed by atoms with Crippen LogP contribution in [0.2, 0.25) is 4.34 Å². The van der Waals surface area contributed by atoms with Gasteiger partial charge in [0.1, 0.15) is 9.34 Å². The lowest BCUT2D eigenvalue weighted by Crippen LogP contribution is -2.28. The fraction of sp³-hybridized carbons (Fsp3) is 0.500. The molecule has 1 aromatic rings. The zero-order valence-corrected chi connectivity index (χ0v) is 9.49. The Morgan fingerprint density at radius 1 is 1.71 bits per heavy atom. The third kappa shape index (κ3) is 2.38. The minimum absolute atomic E-state index is 0.180. The summed E-state index contributed by atoms with van der Waals surface area (Å²) in [5.41, 5.74) is 0. The zero-order valence-electron chi connectivity index (χ0n) is 7.17. The summed E-state index contributed by atoms with van der Waals surface area (Å²) in [6.45, 7) is 0. The van der Waals surface area contributed by atoms with Gasteiger partial charge in [-0.15, -0.1) is 22.9 Å². The molecule has 1 N–H and O–H groups in total. The largest absolute Gasteiger partial charge is 0.352 e. The number of aromatic nitrogens is 1. The molecule has 76 valence electrons. The van der Waals surface area contributed by atoms with Crippen LogP contribution in [-0.2, 0) is 4.79 Å². The molecule has 2 rings (SSSR count). The molecule has 0 spiro atoms. The van der Waals surface area contributed by atoms with Crippen molar-refractivity contribution in [3.63, 3.8) is 0 Å². The van der Waals surface area contributed by atoms with E-state index in [-0.39, 0.29) is 5.91 Å². The van der Waals surface area contributed by atoms with E-state index in [1.807, 2.05) is 0 Å². The fourth-order valence-corrected chi connectivity index (χ4v) is 2.16. The van der Waals surface area contributed by atoms with Gasteiger partial charge in [-0.3, -0.25) is 4.79 Å². The maximum Gasteiger partial charge on any atom is 0.245 e. The Kier molecular flexibility index (Phi) is 2.95. The molecule has 6 heteroatoms. The highest BCUT2D eigenvalue weighted by atomic mass is 35.5. The number of carbonyl (C=O) groups excluding carboxylic acids is 1. The van der Waals surface area contributed by atoms with E-state index in [1.54, 1.807) is 0 Å². The molecule has 1 aliphatic carbocycles. The van der Waals surface area contributed by atoms with Crippen molar-refractivity contribution < 1.29 is 4.79 Å². The predicted octanol–water partition coefficient (Wildman–Crippen LogP) is 2.35. The van der Waals surface area contributed by atoms with Crippen LogP contribution in [0.4, 0.5) is 0 Å². The lowest BCUT2D eigenvalue weighted by atomic mass is 10.4. The average Bonchev–Trinajstić information content (AvgIpc) is 2.85. The van der Waals surface area contributed by atoms with E-state index in [1.165, 1.54) is 17.5 Å². The van der Waals surface area contributed by atoms with Crippen molar-refractivity contribution >= 4 is 40.4 Å². The number of hydrogen-bond donors (Lipinski definition) is 1. The molecule has 0 bridgehead atoms. The van der Waals surface area contributed by atoms with E-state index < -0.39 is 5.38 Å². The second-order valence-corrected chi connectivity index (χ2v) is 5.28. The molecular weight excluding hydrogens is 243 g/mol. The number of thiazole rings is 1. The van der Waals surface area contributed by atoms with Crippen molar-refractivity contribution in [2.45, 2.75) is 24.3 Å². The first-order valence-electron chi connectivity index (χ1n) is 4.22. The molecule has 1 heterocycles. The average molecular weight is 251 g/mol.